The van der Waals surface area contributed by atoms with E-state index in [1.807, 2.05) is 0 Å². The zero-order chi connectivity index (χ0) is 22.5. The van der Waals surface area contributed by atoms with Gasteiger partial charge in [0, 0.05) is 28.6 Å². The quantitative estimate of drug-likeness (QED) is 0.437. The van der Waals surface area contributed by atoms with E-state index in [0.29, 0.717) is 18.3 Å². The monoisotopic (exact) mass is 454 g/mol. The van der Waals surface area contributed by atoms with Crippen LogP contribution in [-0.2, 0) is 12.6 Å². The maximum atomic E-state index is 13.9. The van der Waals surface area contributed by atoms with Crippen molar-refractivity contribution in [3.05, 3.63) is 46.8 Å². The standard InChI is InChI=1S/C17H6F8N2O2S/c18-15(19)5-7-10(1-2-11(12(7)14(15)28)30-17(23,24)25)29-13-8(16(20,21)22)3-4-27-9(13)6-26/h1-4H,5H2. The molecule has 0 unspecified atom stereocenters. The third-order valence-electron chi connectivity index (χ3n) is 3.94. The number of hydrogen-bond acceptors (Lipinski definition) is 5. The van der Waals surface area contributed by atoms with Crippen LogP contribution in [0, 0.1) is 11.3 Å². The molecule has 30 heavy (non-hydrogen) atoms. The van der Waals surface area contributed by atoms with Gasteiger partial charge in [0.2, 0.25) is 5.78 Å². The second-order valence-corrected chi connectivity index (χ2v) is 7.03. The number of pyridine rings is 1. The van der Waals surface area contributed by atoms with Gasteiger partial charge in [-0.3, -0.25) is 4.79 Å². The second-order valence-electron chi connectivity index (χ2n) is 5.92. The van der Waals surface area contributed by atoms with Crippen LogP contribution < -0.4 is 4.74 Å². The first-order valence-electron chi connectivity index (χ1n) is 7.73. The summed E-state index contributed by atoms with van der Waals surface area (Å²) in [6.45, 7) is 0. The minimum atomic E-state index is -5.02. The van der Waals surface area contributed by atoms with Gasteiger partial charge < -0.3 is 4.74 Å². The number of benzene rings is 1. The first kappa shape index (κ1) is 21.8. The van der Waals surface area contributed by atoms with Gasteiger partial charge in [0.15, 0.2) is 11.4 Å². The van der Waals surface area contributed by atoms with Gasteiger partial charge in [-0.25, -0.2) is 4.98 Å². The lowest BCUT2D eigenvalue weighted by Gasteiger charge is -2.17. The van der Waals surface area contributed by atoms with E-state index >= 15 is 0 Å². The second kappa shape index (κ2) is 7.12. The average Bonchev–Trinajstić information content (AvgIpc) is 2.85. The molecule has 0 saturated heterocycles. The SMILES string of the molecule is N#Cc1nccc(C(F)(F)F)c1Oc1ccc(SC(F)(F)F)c2c1CC(F)(F)C2=O. The van der Waals surface area contributed by atoms with Crippen molar-refractivity contribution in [1.82, 2.24) is 4.98 Å². The molecule has 0 fully saturated rings. The zero-order valence-electron chi connectivity index (χ0n) is 14.2. The molecule has 1 heterocycles. The predicted octanol–water partition coefficient (Wildman–Crippen LogP) is 5.75. The molecule has 0 radical (unpaired) electrons. The number of thioether (sulfide) groups is 1. The van der Waals surface area contributed by atoms with Crippen LogP contribution in [0.5, 0.6) is 11.5 Å². The highest BCUT2D eigenvalue weighted by Gasteiger charge is 2.50. The molecular formula is C17H6F8N2O2S. The summed E-state index contributed by atoms with van der Waals surface area (Å²) in [6, 6.07) is 3.21. The number of hydrogen-bond donors (Lipinski definition) is 0. The van der Waals surface area contributed by atoms with Gasteiger partial charge in [-0.05, 0) is 30.0 Å². The maximum Gasteiger partial charge on any atom is 0.446 e. The number of rotatable bonds is 3. The van der Waals surface area contributed by atoms with E-state index < -0.39 is 80.4 Å². The Kier molecular flexibility index (Phi) is 5.18. The average molecular weight is 454 g/mol. The Morgan fingerprint density at radius 2 is 1.80 bits per heavy atom. The van der Waals surface area contributed by atoms with Crippen LogP contribution in [0.1, 0.15) is 27.2 Å². The fourth-order valence-corrected chi connectivity index (χ4v) is 3.49. The topological polar surface area (TPSA) is 63.0 Å². The first-order chi connectivity index (χ1) is 13.7. The van der Waals surface area contributed by atoms with Crippen molar-refractivity contribution in [2.24, 2.45) is 0 Å². The van der Waals surface area contributed by atoms with Gasteiger partial charge in [0.25, 0.3) is 0 Å². The Labute approximate surface area is 166 Å². The summed E-state index contributed by atoms with van der Waals surface area (Å²) >= 11 is -0.814. The molecule has 0 saturated carbocycles. The van der Waals surface area contributed by atoms with Crippen molar-refractivity contribution in [2.45, 2.75) is 28.9 Å². The van der Waals surface area contributed by atoms with E-state index in [-0.39, 0.29) is 0 Å². The Morgan fingerprint density at radius 3 is 2.37 bits per heavy atom. The molecule has 2 aromatic rings. The Hall–Kier alpha value is -2.88. The van der Waals surface area contributed by atoms with Crippen molar-refractivity contribution in [3.8, 4) is 17.6 Å². The third-order valence-corrected chi connectivity index (χ3v) is 4.73. The maximum absolute atomic E-state index is 13.9. The van der Waals surface area contributed by atoms with Crippen LogP contribution in [0.15, 0.2) is 29.3 Å². The molecule has 4 nitrogen and oxygen atoms in total. The summed E-state index contributed by atoms with van der Waals surface area (Å²) < 4.78 is 111. The Morgan fingerprint density at radius 1 is 1.13 bits per heavy atom. The van der Waals surface area contributed by atoms with Crippen molar-refractivity contribution in [3.63, 3.8) is 0 Å². The van der Waals surface area contributed by atoms with E-state index in [1.54, 1.807) is 0 Å². The van der Waals surface area contributed by atoms with Gasteiger partial charge in [-0.15, -0.1) is 0 Å². The minimum Gasteiger partial charge on any atom is -0.453 e. The van der Waals surface area contributed by atoms with E-state index in [2.05, 4.69) is 4.98 Å². The van der Waals surface area contributed by atoms with E-state index in [1.165, 1.54) is 6.07 Å². The van der Waals surface area contributed by atoms with Crippen molar-refractivity contribution >= 4 is 17.5 Å². The largest absolute Gasteiger partial charge is 0.453 e. The number of ether oxygens (including phenoxy) is 1. The number of aromatic nitrogens is 1. The molecule has 0 amide bonds. The number of carbonyl (C=O) groups is 1. The van der Waals surface area contributed by atoms with E-state index in [9.17, 15) is 39.9 Å². The fourth-order valence-electron chi connectivity index (χ4n) is 2.79. The first-order valence-corrected chi connectivity index (χ1v) is 8.54. The molecule has 3 rings (SSSR count). The van der Waals surface area contributed by atoms with Crippen LogP contribution in [0.3, 0.4) is 0 Å². The summed E-state index contributed by atoms with van der Waals surface area (Å²) in [5.41, 5.74) is -8.87. The normalized spacial score (nSPS) is 15.6. The molecule has 0 aliphatic heterocycles. The summed E-state index contributed by atoms with van der Waals surface area (Å²) in [7, 11) is 0. The lowest BCUT2D eigenvalue weighted by Crippen LogP contribution is -2.24. The summed E-state index contributed by atoms with van der Waals surface area (Å²) in [6.07, 6.45) is -5.70. The van der Waals surface area contributed by atoms with Crippen molar-refractivity contribution in [1.29, 1.82) is 5.26 Å². The van der Waals surface area contributed by atoms with Gasteiger partial charge in [0.1, 0.15) is 17.4 Å². The highest BCUT2D eigenvalue weighted by molar-refractivity contribution is 8.00. The van der Waals surface area contributed by atoms with Crippen LogP contribution in [0.25, 0.3) is 0 Å². The highest BCUT2D eigenvalue weighted by atomic mass is 32.2. The van der Waals surface area contributed by atoms with Crippen LogP contribution in [0.2, 0.25) is 0 Å². The van der Waals surface area contributed by atoms with Crippen LogP contribution in [-0.4, -0.2) is 22.2 Å². The number of fused-ring (bicyclic) bond motifs is 1. The number of alkyl halides is 8. The molecule has 0 N–H and O–H groups in total. The summed E-state index contributed by atoms with van der Waals surface area (Å²) in [4.78, 5) is 14.5. The lowest BCUT2D eigenvalue weighted by molar-refractivity contribution is -0.138. The Bertz CT molecular complexity index is 1070. The van der Waals surface area contributed by atoms with Crippen molar-refractivity contribution in [2.75, 3.05) is 0 Å². The molecule has 0 bridgehead atoms. The Balaban J connectivity index is 2.18. The third kappa shape index (κ3) is 4.04. The zero-order valence-corrected chi connectivity index (χ0v) is 15.0. The highest BCUT2D eigenvalue weighted by Crippen LogP contribution is 2.49. The van der Waals surface area contributed by atoms with Crippen LogP contribution >= 0.6 is 11.8 Å². The van der Waals surface area contributed by atoms with E-state index in [4.69, 9.17) is 10.00 Å². The molecule has 1 aromatic heterocycles. The summed E-state index contributed by atoms with van der Waals surface area (Å²) in [5.74, 6) is -7.80. The van der Waals surface area contributed by atoms with Gasteiger partial charge >= 0.3 is 17.6 Å². The molecule has 1 aromatic carbocycles. The number of carbonyl (C=O) groups excluding carboxylic acids is 1. The van der Waals surface area contributed by atoms with E-state index in [0.717, 1.165) is 6.07 Å². The van der Waals surface area contributed by atoms with Gasteiger partial charge in [0.05, 0.1) is 0 Å². The molecule has 13 heteroatoms. The van der Waals surface area contributed by atoms with Gasteiger partial charge in [-0.1, -0.05) is 0 Å². The molecular weight excluding hydrogens is 448 g/mol. The number of nitriles is 1. The molecule has 158 valence electrons. The number of nitrogens with zero attached hydrogens (tertiary/aromatic N) is 2. The molecule has 0 atom stereocenters. The molecule has 1 aliphatic rings. The van der Waals surface area contributed by atoms with Crippen LogP contribution in [0.4, 0.5) is 35.1 Å². The minimum absolute atomic E-state index is 0.476. The predicted molar refractivity (Wildman–Crippen MR) is 85.4 cm³/mol. The number of halogens is 8. The van der Waals surface area contributed by atoms with Gasteiger partial charge in [-0.2, -0.15) is 40.4 Å². The summed E-state index contributed by atoms with van der Waals surface area (Å²) in [5, 5.41) is 9.01. The molecule has 1 aliphatic carbocycles. The fraction of sp³-hybridized carbons (Fsp3) is 0.235. The van der Waals surface area contributed by atoms with Crippen molar-refractivity contribution < 1.29 is 44.7 Å². The lowest BCUT2D eigenvalue weighted by atomic mass is 10.1. The smallest absolute Gasteiger partial charge is 0.446 e. The number of ketones is 1. The number of Topliss-reactive ketones (excluding diaryl/α,β-unsaturated/α-hetero) is 1. The molecule has 0 spiro atoms.